The highest BCUT2D eigenvalue weighted by Gasteiger charge is 2.16. The molecule has 0 amide bonds. The van der Waals surface area contributed by atoms with Crippen LogP contribution in [0, 0.1) is 12.3 Å². The third-order valence-electron chi connectivity index (χ3n) is 2.66. The van der Waals surface area contributed by atoms with Crippen molar-refractivity contribution in [3.05, 3.63) is 35.4 Å². The first-order valence-electron chi connectivity index (χ1n) is 6.21. The molecule has 2 heteroatoms. The summed E-state index contributed by atoms with van der Waals surface area (Å²) in [5, 5.41) is 10.2. The van der Waals surface area contributed by atoms with Gasteiger partial charge in [-0.15, -0.1) is 0 Å². The molecule has 0 saturated carbocycles. The van der Waals surface area contributed by atoms with Crippen molar-refractivity contribution in [1.29, 1.82) is 0 Å². The first-order chi connectivity index (χ1) is 7.78. The Bertz CT molecular complexity index is 354. The first kappa shape index (κ1) is 14.2. The molecule has 2 nitrogen and oxygen atoms in total. The fraction of sp³-hybridized carbons (Fsp3) is 0.600. The maximum atomic E-state index is 10.2. The minimum atomic E-state index is -0.401. The van der Waals surface area contributed by atoms with Crippen molar-refractivity contribution in [2.45, 2.75) is 33.8 Å². The highest BCUT2D eigenvalue weighted by molar-refractivity contribution is 5.24. The number of hydrogen-bond donors (Lipinski definition) is 1. The van der Waals surface area contributed by atoms with Crippen molar-refractivity contribution in [3.8, 4) is 0 Å². The van der Waals surface area contributed by atoms with E-state index in [9.17, 15) is 5.11 Å². The van der Waals surface area contributed by atoms with E-state index < -0.39 is 6.10 Å². The van der Waals surface area contributed by atoms with Gasteiger partial charge in [0.05, 0.1) is 6.10 Å². The van der Waals surface area contributed by atoms with Crippen LogP contribution in [0.3, 0.4) is 0 Å². The number of benzene rings is 1. The lowest BCUT2D eigenvalue weighted by atomic mass is 9.96. The van der Waals surface area contributed by atoms with Crippen molar-refractivity contribution in [1.82, 2.24) is 4.90 Å². The average Bonchev–Trinajstić information content (AvgIpc) is 2.14. The van der Waals surface area contributed by atoms with Crippen LogP contribution in [0.25, 0.3) is 0 Å². The largest absolute Gasteiger partial charge is 0.387 e. The number of nitrogens with zero attached hydrogens (tertiary/aromatic N) is 1. The fourth-order valence-corrected chi connectivity index (χ4v) is 2.15. The van der Waals surface area contributed by atoms with E-state index in [1.54, 1.807) is 0 Å². The van der Waals surface area contributed by atoms with Gasteiger partial charge >= 0.3 is 0 Å². The van der Waals surface area contributed by atoms with Crippen molar-refractivity contribution in [2.75, 3.05) is 20.1 Å². The van der Waals surface area contributed by atoms with Crippen LogP contribution in [-0.2, 0) is 0 Å². The Labute approximate surface area is 105 Å². The molecular formula is C15H25NO. The van der Waals surface area contributed by atoms with Gasteiger partial charge in [-0.05, 0) is 24.9 Å². The Balaban J connectivity index is 2.57. The van der Waals surface area contributed by atoms with E-state index in [0.717, 1.165) is 12.1 Å². The Morgan fingerprint density at radius 3 is 2.47 bits per heavy atom. The summed E-state index contributed by atoms with van der Waals surface area (Å²) in [5.41, 5.74) is 2.46. The van der Waals surface area contributed by atoms with Gasteiger partial charge in [-0.1, -0.05) is 50.6 Å². The maximum absolute atomic E-state index is 10.2. The van der Waals surface area contributed by atoms with Crippen molar-refractivity contribution in [3.63, 3.8) is 0 Å². The van der Waals surface area contributed by atoms with Gasteiger partial charge in [-0.25, -0.2) is 0 Å². The zero-order chi connectivity index (χ0) is 13.1. The van der Waals surface area contributed by atoms with Crippen LogP contribution in [0.4, 0.5) is 0 Å². The second-order valence-corrected chi connectivity index (χ2v) is 6.19. The zero-order valence-electron chi connectivity index (χ0n) is 11.7. The second-order valence-electron chi connectivity index (χ2n) is 6.19. The summed E-state index contributed by atoms with van der Waals surface area (Å²) < 4.78 is 0. The molecule has 17 heavy (non-hydrogen) atoms. The van der Waals surface area contributed by atoms with Crippen LogP contribution in [-0.4, -0.2) is 30.1 Å². The molecule has 0 aliphatic rings. The van der Waals surface area contributed by atoms with Crippen LogP contribution in [0.5, 0.6) is 0 Å². The molecule has 1 aromatic rings. The van der Waals surface area contributed by atoms with E-state index in [1.807, 2.05) is 12.1 Å². The molecule has 1 unspecified atom stereocenters. The molecular weight excluding hydrogens is 210 g/mol. The molecule has 0 spiro atoms. The molecule has 0 aliphatic carbocycles. The number of aryl methyl sites for hydroxylation is 1. The Morgan fingerprint density at radius 2 is 1.94 bits per heavy atom. The third-order valence-corrected chi connectivity index (χ3v) is 2.66. The third kappa shape index (κ3) is 5.33. The highest BCUT2D eigenvalue weighted by atomic mass is 16.3. The van der Waals surface area contributed by atoms with Crippen LogP contribution >= 0.6 is 0 Å². The summed E-state index contributed by atoms with van der Waals surface area (Å²) >= 11 is 0. The number of aliphatic hydroxyl groups excluding tert-OH is 1. The van der Waals surface area contributed by atoms with Gasteiger partial charge < -0.3 is 10.0 Å². The smallest absolute Gasteiger partial charge is 0.0916 e. The molecule has 1 aromatic carbocycles. The molecule has 0 heterocycles. The molecule has 0 saturated heterocycles. The van der Waals surface area contributed by atoms with Crippen molar-refractivity contribution in [2.24, 2.45) is 5.41 Å². The molecule has 0 fully saturated rings. The summed E-state index contributed by atoms with van der Waals surface area (Å²) in [6.45, 7) is 10.3. The van der Waals surface area contributed by atoms with Gasteiger partial charge in [0.1, 0.15) is 0 Å². The number of aliphatic hydroxyl groups is 1. The molecule has 0 radical (unpaired) electrons. The quantitative estimate of drug-likeness (QED) is 0.867. The van der Waals surface area contributed by atoms with Crippen LogP contribution in [0.1, 0.15) is 38.0 Å². The van der Waals surface area contributed by atoms with E-state index >= 15 is 0 Å². The van der Waals surface area contributed by atoms with Gasteiger partial charge in [0.25, 0.3) is 0 Å². The second kappa shape index (κ2) is 5.65. The van der Waals surface area contributed by atoms with E-state index in [4.69, 9.17) is 0 Å². The predicted molar refractivity (Wildman–Crippen MR) is 73.1 cm³/mol. The summed E-state index contributed by atoms with van der Waals surface area (Å²) in [4.78, 5) is 2.19. The lowest BCUT2D eigenvalue weighted by molar-refractivity contribution is 0.108. The highest BCUT2D eigenvalue weighted by Crippen LogP contribution is 2.18. The zero-order valence-corrected chi connectivity index (χ0v) is 11.7. The molecule has 1 atom stereocenters. The van der Waals surface area contributed by atoms with Crippen LogP contribution < -0.4 is 0 Å². The summed E-state index contributed by atoms with van der Waals surface area (Å²) in [6.07, 6.45) is -0.401. The molecule has 0 aliphatic heterocycles. The summed E-state index contributed by atoms with van der Waals surface area (Å²) in [6, 6.07) is 8.09. The lowest BCUT2D eigenvalue weighted by Gasteiger charge is -2.28. The molecule has 0 aromatic heterocycles. The summed E-state index contributed by atoms with van der Waals surface area (Å²) in [5.74, 6) is 0. The first-order valence-corrected chi connectivity index (χ1v) is 6.21. The monoisotopic (exact) mass is 235 g/mol. The maximum Gasteiger partial charge on any atom is 0.0916 e. The van der Waals surface area contributed by atoms with Crippen LogP contribution in [0.15, 0.2) is 24.3 Å². The molecule has 1 rings (SSSR count). The van der Waals surface area contributed by atoms with Gasteiger partial charge in [-0.3, -0.25) is 0 Å². The van der Waals surface area contributed by atoms with E-state index in [2.05, 4.69) is 51.8 Å². The molecule has 1 N–H and O–H groups in total. The fourth-order valence-electron chi connectivity index (χ4n) is 2.15. The normalized spacial score (nSPS) is 14.1. The number of hydrogen-bond acceptors (Lipinski definition) is 2. The molecule has 0 bridgehead atoms. The average molecular weight is 235 g/mol. The van der Waals surface area contributed by atoms with Crippen LogP contribution in [0.2, 0.25) is 0 Å². The van der Waals surface area contributed by atoms with Gasteiger partial charge in [0, 0.05) is 13.1 Å². The minimum Gasteiger partial charge on any atom is -0.387 e. The van der Waals surface area contributed by atoms with Crippen molar-refractivity contribution >= 4 is 0 Å². The Kier molecular flexibility index (Phi) is 4.72. The topological polar surface area (TPSA) is 23.5 Å². The Hall–Kier alpha value is -0.860. The minimum absolute atomic E-state index is 0.265. The molecule has 96 valence electrons. The lowest BCUT2D eigenvalue weighted by Crippen LogP contribution is -2.32. The van der Waals surface area contributed by atoms with Gasteiger partial charge in [-0.2, -0.15) is 0 Å². The summed E-state index contributed by atoms with van der Waals surface area (Å²) in [7, 11) is 2.06. The van der Waals surface area contributed by atoms with E-state index in [-0.39, 0.29) is 5.41 Å². The van der Waals surface area contributed by atoms with Crippen molar-refractivity contribution < 1.29 is 5.11 Å². The van der Waals surface area contributed by atoms with E-state index in [0.29, 0.717) is 6.54 Å². The number of rotatable bonds is 4. The van der Waals surface area contributed by atoms with Gasteiger partial charge in [0.2, 0.25) is 0 Å². The van der Waals surface area contributed by atoms with Gasteiger partial charge in [0.15, 0.2) is 0 Å². The van der Waals surface area contributed by atoms with E-state index in [1.165, 1.54) is 5.56 Å². The number of likely N-dealkylation sites (N-methyl/N-ethyl adjacent to an activating group) is 1. The SMILES string of the molecule is Cc1cccc(C(O)CN(C)CC(C)(C)C)c1. The predicted octanol–water partition coefficient (Wildman–Crippen LogP) is 3.01. The standard InChI is InChI=1S/C15H25NO/c1-12-7-6-8-13(9-12)14(17)10-16(5)11-15(2,3)4/h6-9,14,17H,10-11H2,1-5H3. The Morgan fingerprint density at radius 1 is 1.29 bits per heavy atom.